The maximum absolute atomic E-state index is 9.68. The minimum absolute atomic E-state index is 0.313. The molecule has 142 valence electrons. The van der Waals surface area contributed by atoms with E-state index >= 15 is 0 Å². The van der Waals surface area contributed by atoms with Crippen molar-refractivity contribution >= 4 is 57.1 Å². The number of methoxy groups -OCH3 is 1. The Hall–Kier alpha value is -2.91. The lowest BCUT2D eigenvalue weighted by Gasteiger charge is -2.05. The molecule has 0 aliphatic carbocycles. The molecule has 0 aliphatic heterocycles. The molecule has 0 aliphatic rings. The largest absolute Gasteiger partial charge is 0.497 e. The summed E-state index contributed by atoms with van der Waals surface area (Å²) in [4.78, 5) is 9.02. The first kappa shape index (κ1) is 19.4. The summed E-state index contributed by atoms with van der Waals surface area (Å²) in [5.74, 6) is 0.708. The van der Waals surface area contributed by atoms with E-state index in [0.717, 1.165) is 22.2 Å². The number of ether oxygens (including phenoxy) is 1. The second kappa shape index (κ2) is 8.22. The highest BCUT2D eigenvalue weighted by molar-refractivity contribution is 7.11. The summed E-state index contributed by atoms with van der Waals surface area (Å²) in [5.41, 5.74) is 3.53. The lowest BCUT2D eigenvalue weighted by Crippen LogP contribution is -1.89. The summed E-state index contributed by atoms with van der Waals surface area (Å²) in [6.07, 6.45) is 1.71. The zero-order valence-electron chi connectivity index (χ0n) is 15.2. The van der Waals surface area contributed by atoms with Crippen LogP contribution in [0.1, 0.15) is 10.6 Å². The van der Waals surface area contributed by atoms with Gasteiger partial charge >= 0.3 is 0 Å². The highest BCUT2D eigenvalue weighted by atomic mass is 35.5. The van der Waals surface area contributed by atoms with Crippen molar-refractivity contribution in [2.24, 2.45) is 0 Å². The van der Waals surface area contributed by atoms with Gasteiger partial charge in [-0.1, -0.05) is 35.3 Å². The van der Waals surface area contributed by atoms with Crippen LogP contribution in [0.5, 0.6) is 5.75 Å². The number of hydrogen-bond donors (Lipinski definition) is 0. The fraction of sp³-hybridized carbons (Fsp3) is 0.0455. The Labute approximate surface area is 181 Å². The van der Waals surface area contributed by atoms with E-state index in [0.29, 0.717) is 32.1 Å². The first-order valence-corrected chi connectivity index (χ1v) is 10.2. The maximum atomic E-state index is 9.68. The topological polar surface area (TPSA) is 58.8 Å². The van der Waals surface area contributed by atoms with Crippen molar-refractivity contribution in [3.63, 3.8) is 0 Å². The lowest BCUT2D eigenvalue weighted by atomic mass is 10.1. The van der Waals surface area contributed by atoms with Crippen LogP contribution in [0.3, 0.4) is 0 Å². The molecular weight excluding hydrogens is 425 g/mol. The van der Waals surface area contributed by atoms with E-state index in [4.69, 9.17) is 27.9 Å². The first-order chi connectivity index (χ1) is 14.1. The number of nitrogens with zero attached hydrogens (tertiary/aromatic N) is 3. The molecule has 2 aromatic heterocycles. The molecule has 0 N–H and O–H groups in total. The summed E-state index contributed by atoms with van der Waals surface area (Å²) < 4.78 is 5.23. The summed E-state index contributed by atoms with van der Waals surface area (Å²) in [6.45, 7) is 0. The maximum Gasteiger partial charge on any atom is 0.137 e. The van der Waals surface area contributed by atoms with Gasteiger partial charge in [-0.3, -0.25) is 0 Å². The molecule has 0 radical (unpaired) electrons. The Balaban J connectivity index is 1.72. The Morgan fingerprint density at radius 1 is 1.10 bits per heavy atom. The van der Waals surface area contributed by atoms with E-state index in [-0.39, 0.29) is 0 Å². The molecule has 4 rings (SSSR count). The van der Waals surface area contributed by atoms with Gasteiger partial charge in [0.1, 0.15) is 22.0 Å². The molecule has 0 saturated carbocycles. The molecule has 7 heteroatoms. The highest BCUT2D eigenvalue weighted by Gasteiger charge is 2.11. The summed E-state index contributed by atoms with van der Waals surface area (Å²) in [6, 6.07) is 17.1. The third-order valence-corrected chi connectivity index (χ3v) is 5.73. The first-order valence-electron chi connectivity index (χ1n) is 8.55. The molecule has 0 unspecified atom stereocenters. The number of benzene rings is 2. The van der Waals surface area contributed by atoms with Crippen molar-refractivity contribution in [3.05, 3.63) is 74.7 Å². The van der Waals surface area contributed by atoms with Crippen molar-refractivity contribution < 1.29 is 4.74 Å². The molecule has 0 amide bonds. The van der Waals surface area contributed by atoms with Crippen molar-refractivity contribution in [1.29, 1.82) is 5.26 Å². The summed E-state index contributed by atoms with van der Waals surface area (Å²) >= 11 is 13.7. The second-order valence-electron chi connectivity index (χ2n) is 6.14. The lowest BCUT2D eigenvalue weighted by molar-refractivity contribution is 0.415. The van der Waals surface area contributed by atoms with Gasteiger partial charge in [0.05, 0.1) is 23.9 Å². The Morgan fingerprint density at radius 3 is 2.62 bits per heavy atom. The standard InChI is InChI=1S/C22H13Cl2N3OS/c1-28-18-7-4-14-8-15(21(24)26-19(14)10-18)9-16(11-25)22-27-20(12-29-22)13-2-5-17(23)6-3-13/h2-10,12H,1H3/b16-9+. The molecular formula is C22H13Cl2N3OS. The van der Waals surface area contributed by atoms with E-state index in [1.165, 1.54) is 11.3 Å². The highest BCUT2D eigenvalue weighted by Crippen LogP contribution is 2.30. The van der Waals surface area contributed by atoms with Crippen LogP contribution in [0.2, 0.25) is 10.2 Å². The molecule has 29 heavy (non-hydrogen) atoms. The van der Waals surface area contributed by atoms with E-state index in [9.17, 15) is 5.26 Å². The van der Waals surface area contributed by atoms with Gasteiger partial charge in [0.25, 0.3) is 0 Å². The molecule has 0 fully saturated rings. The molecule has 4 nitrogen and oxygen atoms in total. The minimum atomic E-state index is 0.313. The Kier molecular flexibility index (Phi) is 5.50. The third-order valence-electron chi connectivity index (χ3n) is 4.30. The number of allylic oxidation sites excluding steroid dienone is 1. The van der Waals surface area contributed by atoms with Crippen LogP contribution in [0.4, 0.5) is 0 Å². The van der Waals surface area contributed by atoms with Gasteiger partial charge < -0.3 is 4.74 Å². The van der Waals surface area contributed by atoms with Crippen LogP contribution >= 0.6 is 34.5 Å². The van der Waals surface area contributed by atoms with Crippen molar-refractivity contribution in [3.8, 4) is 23.1 Å². The molecule has 0 spiro atoms. The number of halogens is 2. The average molecular weight is 438 g/mol. The molecule has 0 saturated heterocycles. The predicted molar refractivity (Wildman–Crippen MR) is 119 cm³/mol. The van der Waals surface area contributed by atoms with Gasteiger partial charge in [-0.15, -0.1) is 11.3 Å². The number of fused-ring (bicyclic) bond motifs is 1. The average Bonchev–Trinajstić information content (AvgIpc) is 3.22. The van der Waals surface area contributed by atoms with Gasteiger partial charge in [-0.2, -0.15) is 5.26 Å². The minimum Gasteiger partial charge on any atom is -0.497 e. The van der Waals surface area contributed by atoms with Gasteiger partial charge in [0.15, 0.2) is 0 Å². The van der Waals surface area contributed by atoms with Crippen LogP contribution in [-0.4, -0.2) is 17.1 Å². The number of nitriles is 1. The third kappa shape index (κ3) is 4.10. The number of thiazole rings is 1. The van der Waals surface area contributed by atoms with Crippen molar-refractivity contribution in [1.82, 2.24) is 9.97 Å². The van der Waals surface area contributed by atoms with Crippen LogP contribution in [-0.2, 0) is 0 Å². The fourth-order valence-electron chi connectivity index (χ4n) is 2.82. The van der Waals surface area contributed by atoms with Crippen LogP contribution in [0, 0.1) is 11.3 Å². The quantitative estimate of drug-likeness (QED) is 0.262. The number of rotatable bonds is 4. The van der Waals surface area contributed by atoms with E-state index in [1.807, 2.05) is 53.9 Å². The molecule has 0 atom stereocenters. The van der Waals surface area contributed by atoms with Gasteiger partial charge in [0, 0.05) is 33.0 Å². The van der Waals surface area contributed by atoms with E-state index in [1.54, 1.807) is 13.2 Å². The Morgan fingerprint density at radius 2 is 1.90 bits per heavy atom. The van der Waals surface area contributed by atoms with Gasteiger partial charge in [0.2, 0.25) is 0 Å². The second-order valence-corrected chi connectivity index (χ2v) is 7.79. The van der Waals surface area contributed by atoms with Gasteiger partial charge in [-0.25, -0.2) is 9.97 Å². The van der Waals surface area contributed by atoms with Crippen LogP contribution in [0.15, 0.2) is 53.9 Å². The molecule has 2 heterocycles. The number of aromatic nitrogens is 2. The van der Waals surface area contributed by atoms with Crippen molar-refractivity contribution in [2.75, 3.05) is 7.11 Å². The fourth-order valence-corrected chi connectivity index (χ4v) is 3.94. The van der Waals surface area contributed by atoms with Gasteiger partial charge in [-0.05, 0) is 36.4 Å². The Bertz CT molecular complexity index is 1270. The SMILES string of the molecule is COc1ccc2cc(/C=C(\C#N)c3nc(-c4ccc(Cl)cc4)cs3)c(Cl)nc2c1. The molecule has 0 bridgehead atoms. The smallest absolute Gasteiger partial charge is 0.137 e. The van der Waals surface area contributed by atoms with Crippen LogP contribution < -0.4 is 4.74 Å². The zero-order chi connectivity index (χ0) is 20.4. The summed E-state index contributed by atoms with van der Waals surface area (Å²) in [5, 5.41) is 14.1. The predicted octanol–water partition coefficient (Wildman–Crippen LogP) is 6.74. The monoisotopic (exact) mass is 437 g/mol. The molecule has 2 aromatic carbocycles. The van der Waals surface area contributed by atoms with Crippen molar-refractivity contribution in [2.45, 2.75) is 0 Å². The number of pyridine rings is 1. The zero-order valence-corrected chi connectivity index (χ0v) is 17.5. The normalized spacial score (nSPS) is 11.4. The van der Waals surface area contributed by atoms with Crippen LogP contribution in [0.25, 0.3) is 33.8 Å². The summed E-state index contributed by atoms with van der Waals surface area (Å²) in [7, 11) is 1.60. The molecule has 4 aromatic rings. The van der Waals surface area contributed by atoms with E-state index in [2.05, 4.69) is 16.0 Å². The van der Waals surface area contributed by atoms with E-state index < -0.39 is 0 Å². The number of hydrogen-bond acceptors (Lipinski definition) is 5.